The number of fused-ring (bicyclic) bond motifs is 3. The van der Waals surface area contributed by atoms with E-state index in [0.29, 0.717) is 48.0 Å². The summed E-state index contributed by atoms with van der Waals surface area (Å²) >= 11 is 6.50. The summed E-state index contributed by atoms with van der Waals surface area (Å²) in [6.45, 7) is 4.13. The summed E-state index contributed by atoms with van der Waals surface area (Å²) in [6.07, 6.45) is 8.19. The molecule has 0 aliphatic carbocycles. The van der Waals surface area contributed by atoms with Crippen molar-refractivity contribution in [3.63, 3.8) is 0 Å². The Morgan fingerprint density at radius 3 is 2.83 bits per heavy atom. The Morgan fingerprint density at radius 2 is 2.12 bits per heavy atom. The Kier molecular flexibility index (Phi) is 6.79. The number of aromatic nitrogens is 3. The Hall–Kier alpha value is -4.56. The smallest absolute Gasteiger partial charge is 0.362 e. The molecule has 0 radical (unpaired) electrons. The monoisotopic (exact) mass is 567 g/mol. The van der Waals surface area contributed by atoms with Crippen LogP contribution < -0.4 is 4.74 Å². The van der Waals surface area contributed by atoms with Gasteiger partial charge >= 0.3 is 6.03 Å². The van der Waals surface area contributed by atoms with Crippen molar-refractivity contribution in [1.82, 2.24) is 24.8 Å². The molecule has 6 rings (SSSR count). The topological polar surface area (TPSA) is 131 Å². The van der Waals surface area contributed by atoms with Crippen molar-refractivity contribution in [3.05, 3.63) is 57.9 Å². The Bertz CT molecular complexity index is 1660. The first-order chi connectivity index (χ1) is 19.8. The van der Waals surface area contributed by atoms with Crippen LogP contribution in [-0.4, -0.2) is 67.7 Å². The number of phenolic OH excluding ortho intramolecular Hbond substituents is 1. The van der Waals surface area contributed by atoms with E-state index in [0.717, 1.165) is 28.1 Å². The van der Waals surface area contributed by atoms with E-state index in [4.69, 9.17) is 28.0 Å². The quantitative estimate of drug-likeness (QED) is 0.461. The van der Waals surface area contributed by atoms with Crippen molar-refractivity contribution < 1.29 is 14.6 Å². The number of amides is 1. The number of hydrogen-bond donors (Lipinski definition) is 1. The van der Waals surface area contributed by atoms with Gasteiger partial charge in [-0.15, -0.1) is 11.5 Å². The molecule has 1 amide bonds. The van der Waals surface area contributed by atoms with Gasteiger partial charge in [0.1, 0.15) is 24.2 Å². The molecule has 4 atom stereocenters. The van der Waals surface area contributed by atoms with Gasteiger partial charge in [-0.1, -0.05) is 28.4 Å². The summed E-state index contributed by atoms with van der Waals surface area (Å²) < 4.78 is 6.45. The van der Waals surface area contributed by atoms with Crippen LogP contribution in [0.15, 0.2) is 30.5 Å². The summed E-state index contributed by atoms with van der Waals surface area (Å²) in [5.41, 5.74) is 3.61. The SMILES string of the molecule is C#Cc1cc2c(c(C)c1-c1c(O)cccc1Cl)OCC1CC3CN(C(=O)n4ncc(C#N)n4)C(CC#N)C3CN1C2. The van der Waals surface area contributed by atoms with Crippen LogP contribution in [0.2, 0.25) is 5.02 Å². The van der Waals surface area contributed by atoms with Gasteiger partial charge in [0.15, 0.2) is 5.69 Å². The molecule has 10 nitrogen and oxygen atoms in total. The first kappa shape index (κ1) is 26.7. The van der Waals surface area contributed by atoms with Crippen molar-refractivity contribution >= 4 is 17.6 Å². The number of benzene rings is 2. The number of piperidine rings is 1. The number of rotatable bonds is 2. The van der Waals surface area contributed by atoms with Gasteiger partial charge in [0.25, 0.3) is 0 Å². The van der Waals surface area contributed by atoms with Gasteiger partial charge in [0, 0.05) is 53.5 Å². The van der Waals surface area contributed by atoms with Crippen LogP contribution in [0.25, 0.3) is 11.1 Å². The number of ether oxygens (including phenoxy) is 1. The zero-order valence-electron chi connectivity index (χ0n) is 22.3. The largest absolute Gasteiger partial charge is 0.507 e. The molecule has 4 unspecified atom stereocenters. The van der Waals surface area contributed by atoms with E-state index in [1.54, 1.807) is 23.1 Å². The molecular weight excluding hydrogens is 542 g/mol. The van der Waals surface area contributed by atoms with Gasteiger partial charge in [-0.05, 0) is 43.4 Å². The third kappa shape index (κ3) is 4.44. The van der Waals surface area contributed by atoms with E-state index in [2.05, 4.69) is 27.1 Å². The standard InChI is InChI=1S/C30H26ClN7O3/c1-3-18-9-20-13-36-15-23-19(14-37(25(23)7-8-32)30(40)38-34-12-21(11-33)35-38)10-22(36)16-41-29(20)17(2)27(18)28-24(31)5-4-6-26(28)39/h1,4-6,9,12,19,22-23,25,39H,7,10,13-16H2,2H3. The van der Waals surface area contributed by atoms with Gasteiger partial charge < -0.3 is 14.7 Å². The molecule has 1 N–H and O–H groups in total. The van der Waals surface area contributed by atoms with Crippen molar-refractivity contribution in [2.75, 3.05) is 19.7 Å². The lowest BCUT2D eigenvalue weighted by Crippen LogP contribution is -2.50. The van der Waals surface area contributed by atoms with Crippen molar-refractivity contribution in [2.24, 2.45) is 11.8 Å². The van der Waals surface area contributed by atoms with E-state index in [1.165, 1.54) is 6.20 Å². The van der Waals surface area contributed by atoms with E-state index in [-0.39, 0.29) is 41.8 Å². The van der Waals surface area contributed by atoms with Crippen LogP contribution in [-0.2, 0) is 6.54 Å². The lowest BCUT2D eigenvalue weighted by molar-refractivity contribution is 0.0484. The second kappa shape index (κ2) is 10.4. The highest BCUT2D eigenvalue weighted by atomic mass is 35.5. The summed E-state index contributed by atoms with van der Waals surface area (Å²) in [6, 6.07) is 10.4. The molecule has 0 saturated carbocycles. The van der Waals surface area contributed by atoms with Crippen LogP contribution in [0.4, 0.5) is 4.79 Å². The summed E-state index contributed by atoms with van der Waals surface area (Å²) in [4.78, 5) is 18.3. The van der Waals surface area contributed by atoms with E-state index in [9.17, 15) is 15.2 Å². The van der Waals surface area contributed by atoms with Crippen molar-refractivity contribution in [2.45, 2.75) is 38.4 Å². The number of halogens is 1. The predicted octanol–water partition coefficient (Wildman–Crippen LogP) is 3.93. The van der Waals surface area contributed by atoms with Gasteiger partial charge in [-0.25, -0.2) is 4.79 Å². The van der Waals surface area contributed by atoms with Gasteiger partial charge in [-0.2, -0.15) is 15.6 Å². The molecule has 2 aromatic carbocycles. The molecule has 0 spiro atoms. The molecule has 11 heteroatoms. The Labute approximate surface area is 242 Å². The predicted molar refractivity (Wildman–Crippen MR) is 149 cm³/mol. The summed E-state index contributed by atoms with van der Waals surface area (Å²) in [5.74, 6) is 3.81. The molecular formula is C30H26ClN7O3. The number of nitrogens with zero attached hydrogens (tertiary/aromatic N) is 7. The second-order valence-corrected chi connectivity index (χ2v) is 11.1. The van der Waals surface area contributed by atoms with Gasteiger partial charge in [-0.3, -0.25) is 4.90 Å². The average molecular weight is 568 g/mol. The van der Waals surface area contributed by atoms with Crippen LogP contribution >= 0.6 is 11.6 Å². The normalized spacial score (nSPS) is 23.1. The molecule has 3 aliphatic rings. The maximum absolute atomic E-state index is 13.3. The highest BCUT2D eigenvalue weighted by Crippen LogP contribution is 2.46. The highest BCUT2D eigenvalue weighted by molar-refractivity contribution is 6.33. The highest BCUT2D eigenvalue weighted by Gasteiger charge is 2.50. The number of nitriles is 2. The number of phenols is 1. The third-order valence-corrected chi connectivity index (χ3v) is 8.89. The second-order valence-electron chi connectivity index (χ2n) is 10.7. The molecule has 2 fully saturated rings. The van der Waals surface area contributed by atoms with E-state index >= 15 is 0 Å². The van der Waals surface area contributed by atoms with Gasteiger partial charge in [0.05, 0.1) is 29.8 Å². The summed E-state index contributed by atoms with van der Waals surface area (Å²) in [5, 5.41) is 37.7. The molecule has 3 aliphatic heterocycles. The minimum atomic E-state index is -0.428. The lowest BCUT2D eigenvalue weighted by Gasteiger charge is -2.41. The Morgan fingerprint density at radius 1 is 1.29 bits per heavy atom. The zero-order valence-corrected chi connectivity index (χ0v) is 23.0. The number of terminal acetylenes is 1. The number of aromatic hydroxyl groups is 1. The average Bonchev–Trinajstić information content (AvgIpc) is 3.53. The van der Waals surface area contributed by atoms with Crippen molar-refractivity contribution in [3.8, 4) is 47.1 Å². The molecule has 206 valence electrons. The zero-order chi connectivity index (χ0) is 28.8. The minimum Gasteiger partial charge on any atom is -0.507 e. The molecule has 4 heterocycles. The fourth-order valence-electron chi connectivity index (χ4n) is 6.75. The lowest BCUT2D eigenvalue weighted by atomic mass is 9.80. The minimum absolute atomic E-state index is 0.0488. The fourth-order valence-corrected chi connectivity index (χ4v) is 7.02. The maximum atomic E-state index is 13.3. The number of likely N-dealkylation sites (tertiary alicyclic amines) is 1. The number of hydrogen-bond acceptors (Lipinski definition) is 8. The third-order valence-electron chi connectivity index (χ3n) is 8.58. The molecule has 41 heavy (non-hydrogen) atoms. The summed E-state index contributed by atoms with van der Waals surface area (Å²) in [7, 11) is 0. The van der Waals surface area contributed by atoms with Crippen molar-refractivity contribution in [1.29, 1.82) is 10.5 Å². The van der Waals surface area contributed by atoms with Crippen LogP contribution in [0.1, 0.15) is 35.2 Å². The molecule has 0 bridgehead atoms. The number of carbonyl (C=O) groups excluding carboxylic acids is 1. The van der Waals surface area contributed by atoms with E-state index < -0.39 is 6.03 Å². The van der Waals surface area contributed by atoms with E-state index in [1.807, 2.05) is 19.1 Å². The first-order valence-electron chi connectivity index (χ1n) is 13.3. The van der Waals surface area contributed by atoms with Gasteiger partial charge in [0.2, 0.25) is 0 Å². The fraction of sp³-hybridized carbons (Fsp3) is 0.367. The maximum Gasteiger partial charge on any atom is 0.362 e. The van der Waals surface area contributed by atoms with Crippen LogP contribution in [0.3, 0.4) is 0 Å². The molecule has 3 aromatic rings. The first-order valence-corrected chi connectivity index (χ1v) is 13.7. The molecule has 2 saturated heterocycles. The number of carbonyl (C=O) groups is 1. The van der Waals surface area contributed by atoms with Crippen LogP contribution in [0, 0.1) is 53.8 Å². The van der Waals surface area contributed by atoms with Crippen LogP contribution in [0.5, 0.6) is 11.5 Å². The molecule has 1 aromatic heterocycles. The Balaban J connectivity index is 1.31.